The van der Waals surface area contributed by atoms with Crippen LogP contribution in [-0.4, -0.2) is 7.28 Å². The molecule has 1 aliphatic rings. The third kappa shape index (κ3) is 1.07. The van der Waals surface area contributed by atoms with Gasteiger partial charge in [0, 0.05) is 4.47 Å². The molecule has 1 aliphatic heterocycles. The maximum Gasteiger partial charge on any atom is 0.193 e. The van der Waals surface area contributed by atoms with Crippen LogP contribution < -0.4 is 10.9 Å². The molecule has 0 amide bonds. The highest BCUT2D eigenvalue weighted by Crippen LogP contribution is 2.27. The van der Waals surface area contributed by atoms with Crippen LogP contribution in [0.1, 0.15) is 0 Å². The van der Waals surface area contributed by atoms with Crippen molar-refractivity contribution in [3.05, 3.63) is 46.9 Å². The minimum atomic E-state index is 1.18. The SMILES string of the molecule is Brc1cccc2c1-c1ccccc1[B]2. The van der Waals surface area contributed by atoms with Gasteiger partial charge in [0.05, 0.1) is 0 Å². The van der Waals surface area contributed by atoms with Gasteiger partial charge in [-0.05, 0) is 17.2 Å². The van der Waals surface area contributed by atoms with Crippen LogP contribution in [0.25, 0.3) is 11.1 Å². The molecule has 3 rings (SSSR count). The van der Waals surface area contributed by atoms with E-state index in [1.807, 2.05) is 0 Å². The molecule has 0 bridgehead atoms. The van der Waals surface area contributed by atoms with Crippen molar-refractivity contribution in [3.8, 4) is 11.1 Å². The van der Waals surface area contributed by atoms with Crippen molar-refractivity contribution >= 4 is 34.1 Å². The molecule has 0 fully saturated rings. The zero-order valence-electron chi connectivity index (χ0n) is 7.50. The third-order valence-corrected chi connectivity index (χ3v) is 3.25. The summed E-state index contributed by atoms with van der Waals surface area (Å²) in [5, 5.41) is 0. The number of halogens is 1. The molecular weight excluding hydrogens is 235 g/mol. The molecule has 0 atom stereocenters. The molecule has 0 aromatic heterocycles. The van der Waals surface area contributed by atoms with E-state index in [1.54, 1.807) is 0 Å². The van der Waals surface area contributed by atoms with Gasteiger partial charge < -0.3 is 0 Å². The van der Waals surface area contributed by atoms with Crippen LogP contribution in [0.5, 0.6) is 0 Å². The van der Waals surface area contributed by atoms with Gasteiger partial charge in [-0.1, -0.05) is 63.3 Å². The van der Waals surface area contributed by atoms with Crippen molar-refractivity contribution in [1.29, 1.82) is 0 Å². The lowest BCUT2D eigenvalue weighted by atomic mass is 9.68. The van der Waals surface area contributed by atoms with E-state index >= 15 is 0 Å². The molecular formula is C12H7BBr. The Labute approximate surface area is 92.3 Å². The predicted molar refractivity (Wildman–Crippen MR) is 64.6 cm³/mol. The lowest BCUT2D eigenvalue weighted by Crippen LogP contribution is -2.20. The lowest BCUT2D eigenvalue weighted by molar-refractivity contribution is 1.66. The van der Waals surface area contributed by atoms with E-state index in [4.69, 9.17) is 0 Å². The van der Waals surface area contributed by atoms with Crippen molar-refractivity contribution in [2.75, 3.05) is 0 Å². The summed E-state index contributed by atoms with van der Waals surface area (Å²) < 4.78 is 1.18. The first-order valence-corrected chi connectivity index (χ1v) is 5.38. The molecule has 14 heavy (non-hydrogen) atoms. The van der Waals surface area contributed by atoms with Gasteiger partial charge in [-0.25, -0.2) is 0 Å². The summed E-state index contributed by atoms with van der Waals surface area (Å²) in [7, 11) is 2.23. The summed E-state index contributed by atoms with van der Waals surface area (Å²) in [6.45, 7) is 0. The average molecular weight is 242 g/mol. The summed E-state index contributed by atoms with van der Waals surface area (Å²) in [6, 6.07) is 14.8. The van der Waals surface area contributed by atoms with Crippen LogP contribution in [0, 0.1) is 0 Å². The molecule has 1 radical (unpaired) electrons. The highest BCUT2D eigenvalue weighted by atomic mass is 79.9. The van der Waals surface area contributed by atoms with Crippen molar-refractivity contribution in [1.82, 2.24) is 0 Å². The van der Waals surface area contributed by atoms with Crippen LogP contribution in [0.4, 0.5) is 0 Å². The van der Waals surface area contributed by atoms with Crippen LogP contribution in [0.2, 0.25) is 0 Å². The Bertz CT molecular complexity index is 505. The van der Waals surface area contributed by atoms with E-state index < -0.39 is 0 Å². The van der Waals surface area contributed by atoms with E-state index in [9.17, 15) is 0 Å². The number of benzene rings is 2. The van der Waals surface area contributed by atoms with Gasteiger partial charge in [0.1, 0.15) is 0 Å². The van der Waals surface area contributed by atoms with Crippen LogP contribution in [-0.2, 0) is 0 Å². The number of hydrogen-bond donors (Lipinski definition) is 0. The van der Waals surface area contributed by atoms with Crippen LogP contribution in [0.3, 0.4) is 0 Å². The van der Waals surface area contributed by atoms with Gasteiger partial charge in [-0.2, -0.15) is 0 Å². The topological polar surface area (TPSA) is 0 Å². The first-order valence-electron chi connectivity index (χ1n) is 4.59. The Balaban J connectivity index is 2.35. The first-order chi connectivity index (χ1) is 6.86. The number of rotatable bonds is 0. The minimum absolute atomic E-state index is 1.18. The monoisotopic (exact) mass is 241 g/mol. The molecule has 2 aromatic rings. The fourth-order valence-corrected chi connectivity index (χ4v) is 2.56. The van der Waals surface area contributed by atoms with Crippen molar-refractivity contribution in [3.63, 3.8) is 0 Å². The van der Waals surface area contributed by atoms with Gasteiger partial charge in [0.2, 0.25) is 0 Å². The normalized spacial score (nSPS) is 11.8. The van der Waals surface area contributed by atoms with E-state index in [2.05, 4.69) is 65.7 Å². The standard InChI is InChI=1S/C12H7BBr/c14-11-7-3-6-10-12(11)8-4-1-2-5-9(8)13-10/h1-7H. The van der Waals surface area contributed by atoms with Gasteiger partial charge in [0.25, 0.3) is 0 Å². The number of fused-ring (bicyclic) bond motifs is 3. The van der Waals surface area contributed by atoms with E-state index in [0.29, 0.717) is 0 Å². The lowest BCUT2D eigenvalue weighted by Gasteiger charge is -2.03. The molecule has 0 nitrogen and oxygen atoms in total. The van der Waals surface area contributed by atoms with Crippen molar-refractivity contribution in [2.24, 2.45) is 0 Å². The van der Waals surface area contributed by atoms with Crippen LogP contribution >= 0.6 is 15.9 Å². The fourth-order valence-electron chi connectivity index (χ4n) is 1.96. The molecule has 0 saturated heterocycles. The molecule has 2 heteroatoms. The smallest absolute Gasteiger partial charge is 0.0737 e. The maximum atomic E-state index is 3.60. The molecule has 0 unspecified atom stereocenters. The Morgan fingerprint density at radius 1 is 0.857 bits per heavy atom. The molecule has 0 aliphatic carbocycles. The van der Waals surface area contributed by atoms with E-state index in [1.165, 1.54) is 26.5 Å². The highest BCUT2D eigenvalue weighted by Gasteiger charge is 2.20. The summed E-state index contributed by atoms with van der Waals surface area (Å²) in [5.41, 5.74) is 5.27. The summed E-state index contributed by atoms with van der Waals surface area (Å²) >= 11 is 3.60. The van der Waals surface area contributed by atoms with Crippen molar-refractivity contribution in [2.45, 2.75) is 0 Å². The van der Waals surface area contributed by atoms with Crippen LogP contribution in [0.15, 0.2) is 46.9 Å². The zero-order chi connectivity index (χ0) is 9.54. The maximum absolute atomic E-state index is 3.60. The molecule has 2 aromatic carbocycles. The molecule has 0 saturated carbocycles. The molecule has 0 N–H and O–H groups in total. The summed E-state index contributed by atoms with van der Waals surface area (Å²) in [4.78, 5) is 0. The second kappa shape index (κ2) is 2.99. The minimum Gasteiger partial charge on any atom is -0.0737 e. The molecule has 0 spiro atoms. The average Bonchev–Trinajstić information content (AvgIpc) is 2.57. The Morgan fingerprint density at radius 3 is 2.57 bits per heavy atom. The van der Waals surface area contributed by atoms with Gasteiger partial charge in [-0.15, -0.1) is 0 Å². The molecule has 1 heterocycles. The van der Waals surface area contributed by atoms with Gasteiger partial charge in [0.15, 0.2) is 7.28 Å². The first kappa shape index (κ1) is 8.31. The predicted octanol–water partition coefficient (Wildman–Crippen LogP) is 2.08. The zero-order valence-corrected chi connectivity index (χ0v) is 9.08. The second-order valence-corrected chi connectivity index (χ2v) is 4.29. The second-order valence-electron chi connectivity index (χ2n) is 3.44. The summed E-state index contributed by atoms with van der Waals surface area (Å²) in [6.07, 6.45) is 0. The fraction of sp³-hybridized carbons (Fsp3) is 0. The highest BCUT2D eigenvalue weighted by molar-refractivity contribution is 9.10. The van der Waals surface area contributed by atoms with E-state index in [0.717, 1.165) is 0 Å². The quantitative estimate of drug-likeness (QED) is 0.529. The third-order valence-electron chi connectivity index (χ3n) is 2.59. The Morgan fingerprint density at radius 2 is 1.64 bits per heavy atom. The number of hydrogen-bond acceptors (Lipinski definition) is 0. The van der Waals surface area contributed by atoms with Crippen molar-refractivity contribution < 1.29 is 0 Å². The Kier molecular flexibility index (Phi) is 1.78. The van der Waals surface area contributed by atoms with Gasteiger partial charge >= 0.3 is 0 Å². The molecule has 65 valence electrons. The Hall–Kier alpha value is -1.02. The summed E-state index contributed by atoms with van der Waals surface area (Å²) in [5.74, 6) is 0. The largest absolute Gasteiger partial charge is 0.193 e. The van der Waals surface area contributed by atoms with E-state index in [-0.39, 0.29) is 0 Å². The van der Waals surface area contributed by atoms with Gasteiger partial charge in [-0.3, -0.25) is 0 Å².